The zero-order valence-electron chi connectivity index (χ0n) is 17.1. The average molecular weight is 409 g/mol. The van der Waals surface area contributed by atoms with Gasteiger partial charge in [-0.3, -0.25) is 4.68 Å². The predicted octanol–water partition coefficient (Wildman–Crippen LogP) is 0.962. The van der Waals surface area contributed by atoms with Crippen molar-refractivity contribution in [2.75, 3.05) is 38.8 Å². The van der Waals surface area contributed by atoms with Crippen molar-refractivity contribution in [1.82, 2.24) is 9.78 Å². The zero-order chi connectivity index (χ0) is 20.3. The van der Waals surface area contributed by atoms with E-state index < -0.39 is 9.84 Å². The van der Waals surface area contributed by atoms with Gasteiger partial charge >= 0.3 is 0 Å². The molecule has 3 rings (SSSR count). The Hall–Kier alpha value is -2.06. The first-order chi connectivity index (χ1) is 13.3. The molecule has 1 fully saturated rings. The van der Waals surface area contributed by atoms with E-state index in [1.54, 1.807) is 7.11 Å². The predicted molar refractivity (Wildman–Crippen MR) is 108 cm³/mol. The second kappa shape index (κ2) is 8.53. The van der Waals surface area contributed by atoms with Crippen LogP contribution in [0.4, 0.5) is 0 Å². The normalized spacial score (nSPS) is 19.5. The van der Waals surface area contributed by atoms with Gasteiger partial charge in [0.15, 0.2) is 9.84 Å². The fraction of sp³-hybridized carbons (Fsp3) is 0.550. The molecule has 1 aliphatic heterocycles. The molecule has 1 saturated heterocycles. The monoisotopic (exact) mass is 408 g/mol. The summed E-state index contributed by atoms with van der Waals surface area (Å²) in [5, 5.41) is 4.65. The van der Waals surface area contributed by atoms with Gasteiger partial charge in [-0.05, 0) is 44.5 Å². The van der Waals surface area contributed by atoms with Crippen LogP contribution in [0, 0.1) is 13.8 Å². The van der Waals surface area contributed by atoms with E-state index in [2.05, 4.69) is 12.1 Å². The average Bonchev–Trinajstić information content (AvgIpc) is 3.15. The molecule has 1 N–H and O–H groups in total. The van der Waals surface area contributed by atoms with Crippen LogP contribution in [0.3, 0.4) is 0 Å². The second-order valence-electron chi connectivity index (χ2n) is 7.56. The molecule has 8 heteroatoms. The molecule has 0 spiro atoms. The molecule has 28 heavy (non-hydrogen) atoms. The Labute approximate surface area is 167 Å². The number of ether oxygens (including phenoxy) is 2. The van der Waals surface area contributed by atoms with Gasteiger partial charge in [-0.1, -0.05) is 0 Å². The van der Waals surface area contributed by atoms with Crippen LogP contribution in [0.2, 0.25) is 0 Å². The molecule has 2 heterocycles. The van der Waals surface area contributed by atoms with Crippen LogP contribution in [0.25, 0.3) is 0 Å². The SMILES string of the molecule is COc1ccc(OCC[NH+](C)Cc2c(C)nn([C@H]3CCS(=O)(=O)C3)c2C)cc1. The number of aryl methyl sites for hydroxylation is 1. The quantitative estimate of drug-likeness (QED) is 0.704. The molecule has 154 valence electrons. The van der Waals surface area contributed by atoms with Gasteiger partial charge in [0.1, 0.15) is 31.2 Å². The molecule has 1 aromatic carbocycles. The van der Waals surface area contributed by atoms with Crippen molar-refractivity contribution in [1.29, 1.82) is 0 Å². The summed E-state index contributed by atoms with van der Waals surface area (Å²) in [6.45, 7) is 6.35. The van der Waals surface area contributed by atoms with E-state index in [0.29, 0.717) is 13.0 Å². The van der Waals surface area contributed by atoms with E-state index in [1.807, 2.05) is 42.8 Å². The number of likely N-dealkylation sites (N-methyl/N-ethyl adjacent to an activating group) is 1. The van der Waals surface area contributed by atoms with Crippen LogP contribution in [-0.2, 0) is 16.4 Å². The lowest BCUT2D eigenvalue weighted by molar-refractivity contribution is -0.893. The first-order valence-corrected chi connectivity index (χ1v) is 11.4. The highest BCUT2D eigenvalue weighted by Gasteiger charge is 2.31. The Balaban J connectivity index is 1.55. The molecule has 0 radical (unpaired) electrons. The molecule has 1 unspecified atom stereocenters. The minimum absolute atomic E-state index is 0.0313. The number of benzene rings is 1. The molecule has 0 aliphatic carbocycles. The van der Waals surface area contributed by atoms with Crippen LogP contribution in [0.15, 0.2) is 24.3 Å². The first-order valence-electron chi connectivity index (χ1n) is 9.62. The maximum atomic E-state index is 11.8. The van der Waals surface area contributed by atoms with E-state index in [1.165, 1.54) is 10.5 Å². The van der Waals surface area contributed by atoms with Gasteiger partial charge in [-0.25, -0.2) is 8.42 Å². The molecule has 1 aromatic heterocycles. The van der Waals surface area contributed by atoms with Crippen LogP contribution < -0.4 is 14.4 Å². The van der Waals surface area contributed by atoms with E-state index in [9.17, 15) is 8.42 Å². The van der Waals surface area contributed by atoms with Crippen molar-refractivity contribution < 1.29 is 22.8 Å². The standard InChI is InChI=1S/C20H29N3O4S/c1-15-20(16(2)23(21-15)17-9-12-28(24,25)14-17)13-22(3)10-11-27-19-7-5-18(26-4)6-8-19/h5-8,17H,9-14H2,1-4H3/p+1/t17-/m0/s1. The van der Waals surface area contributed by atoms with E-state index >= 15 is 0 Å². The summed E-state index contributed by atoms with van der Waals surface area (Å²) in [7, 11) is 0.857. The summed E-state index contributed by atoms with van der Waals surface area (Å²) in [4.78, 5) is 1.32. The molecule has 7 nitrogen and oxygen atoms in total. The molecule has 0 bridgehead atoms. The van der Waals surface area contributed by atoms with E-state index in [-0.39, 0.29) is 17.5 Å². The number of aromatic nitrogens is 2. The molecule has 2 atom stereocenters. The van der Waals surface area contributed by atoms with E-state index in [0.717, 1.165) is 36.0 Å². The number of sulfone groups is 1. The fourth-order valence-electron chi connectivity index (χ4n) is 3.68. The summed E-state index contributed by atoms with van der Waals surface area (Å²) in [5.74, 6) is 2.11. The number of rotatable bonds is 8. The molecule has 0 saturated carbocycles. The van der Waals surface area contributed by atoms with Gasteiger partial charge in [0.05, 0.1) is 43.0 Å². The smallest absolute Gasteiger partial charge is 0.152 e. The third-order valence-electron chi connectivity index (χ3n) is 5.36. The van der Waals surface area contributed by atoms with Crippen molar-refractivity contribution in [3.05, 3.63) is 41.2 Å². The summed E-state index contributed by atoms with van der Waals surface area (Å²) < 4.78 is 36.5. The number of hydrogen-bond donors (Lipinski definition) is 1. The first kappa shape index (κ1) is 20.7. The zero-order valence-corrected chi connectivity index (χ0v) is 17.9. The number of hydrogen-bond acceptors (Lipinski definition) is 5. The van der Waals surface area contributed by atoms with Crippen molar-refractivity contribution in [3.63, 3.8) is 0 Å². The van der Waals surface area contributed by atoms with Crippen LogP contribution in [0.1, 0.15) is 29.4 Å². The summed E-state index contributed by atoms with van der Waals surface area (Å²) in [6, 6.07) is 7.55. The summed E-state index contributed by atoms with van der Waals surface area (Å²) in [6.07, 6.45) is 0.655. The Bertz CT molecular complexity index is 906. The third kappa shape index (κ3) is 4.86. The van der Waals surface area contributed by atoms with Crippen molar-refractivity contribution in [2.24, 2.45) is 0 Å². The maximum Gasteiger partial charge on any atom is 0.152 e. The van der Waals surface area contributed by atoms with Gasteiger partial charge in [0.25, 0.3) is 0 Å². The molecule has 0 amide bonds. The molecule has 1 aliphatic rings. The Kier molecular flexibility index (Phi) is 6.30. The van der Waals surface area contributed by atoms with Crippen LogP contribution in [-0.4, -0.2) is 57.0 Å². The lowest BCUT2D eigenvalue weighted by atomic mass is 10.1. The number of quaternary nitrogens is 1. The lowest BCUT2D eigenvalue weighted by Crippen LogP contribution is -3.08. The summed E-state index contributed by atoms with van der Waals surface area (Å²) >= 11 is 0. The highest BCUT2D eigenvalue weighted by atomic mass is 32.2. The van der Waals surface area contributed by atoms with Crippen molar-refractivity contribution in [3.8, 4) is 11.5 Å². The number of methoxy groups -OCH3 is 1. The second-order valence-corrected chi connectivity index (χ2v) is 9.79. The third-order valence-corrected chi connectivity index (χ3v) is 7.12. The van der Waals surface area contributed by atoms with Gasteiger partial charge in [0, 0.05) is 5.69 Å². The Morgan fingerprint density at radius 3 is 2.50 bits per heavy atom. The lowest BCUT2D eigenvalue weighted by Gasteiger charge is -2.16. The topological polar surface area (TPSA) is 74.9 Å². The van der Waals surface area contributed by atoms with Gasteiger partial charge < -0.3 is 14.4 Å². The van der Waals surface area contributed by atoms with Crippen LogP contribution >= 0.6 is 0 Å². The summed E-state index contributed by atoms with van der Waals surface area (Å²) in [5.41, 5.74) is 3.26. The Morgan fingerprint density at radius 1 is 1.21 bits per heavy atom. The highest BCUT2D eigenvalue weighted by molar-refractivity contribution is 7.91. The fourth-order valence-corrected chi connectivity index (χ4v) is 5.37. The van der Waals surface area contributed by atoms with Crippen molar-refractivity contribution >= 4 is 9.84 Å². The minimum atomic E-state index is -2.92. The maximum absolute atomic E-state index is 11.8. The van der Waals surface area contributed by atoms with Gasteiger partial charge in [-0.2, -0.15) is 5.10 Å². The molecular formula is C20H30N3O4S+. The van der Waals surface area contributed by atoms with Crippen molar-refractivity contribution in [2.45, 2.75) is 32.9 Å². The van der Waals surface area contributed by atoms with E-state index in [4.69, 9.17) is 9.47 Å². The highest BCUT2D eigenvalue weighted by Crippen LogP contribution is 2.26. The molecule has 2 aromatic rings. The van der Waals surface area contributed by atoms with Crippen LogP contribution in [0.5, 0.6) is 11.5 Å². The number of nitrogens with one attached hydrogen (secondary N) is 1. The largest absolute Gasteiger partial charge is 0.497 e. The minimum Gasteiger partial charge on any atom is -0.497 e. The van der Waals surface area contributed by atoms with Gasteiger partial charge in [0.2, 0.25) is 0 Å². The number of nitrogens with zero attached hydrogens (tertiary/aromatic N) is 2. The Morgan fingerprint density at radius 2 is 1.89 bits per heavy atom. The van der Waals surface area contributed by atoms with Gasteiger partial charge in [-0.15, -0.1) is 0 Å². The molecular weight excluding hydrogens is 378 g/mol.